The van der Waals surface area contributed by atoms with Crippen molar-refractivity contribution < 1.29 is 33.3 Å². The van der Waals surface area contributed by atoms with Gasteiger partial charge in [-0.05, 0) is 52.0 Å². The molecule has 0 N–H and O–H groups in total. The molecule has 1 aromatic carbocycles. The zero-order valence-electron chi connectivity index (χ0n) is 21.7. The van der Waals surface area contributed by atoms with Crippen LogP contribution in [-0.4, -0.2) is 77.6 Å². The maximum atomic E-state index is 14.2. The molecule has 198 valence electrons. The Balaban J connectivity index is 1.77. The molecule has 0 spiro atoms. The normalized spacial score (nSPS) is 27.4. The van der Waals surface area contributed by atoms with Gasteiger partial charge in [-0.15, -0.1) is 0 Å². The molecule has 9 heteroatoms. The Labute approximate surface area is 213 Å². The van der Waals surface area contributed by atoms with Gasteiger partial charge in [0, 0.05) is 13.1 Å². The van der Waals surface area contributed by atoms with Gasteiger partial charge >= 0.3 is 18.0 Å². The summed E-state index contributed by atoms with van der Waals surface area (Å²) in [5.74, 6) is -1.36. The molecule has 0 radical (unpaired) electrons. The van der Waals surface area contributed by atoms with Crippen molar-refractivity contribution in [3.63, 3.8) is 0 Å². The quantitative estimate of drug-likeness (QED) is 0.452. The van der Waals surface area contributed by atoms with Crippen LogP contribution in [0.1, 0.15) is 58.9 Å². The van der Waals surface area contributed by atoms with E-state index in [1.54, 1.807) is 23.6 Å². The summed E-state index contributed by atoms with van der Waals surface area (Å²) in [6.07, 6.45) is 0.817. The van der Waals surface area contributed by atoms with Gasteiger partial charge in [-0.1, -0.05) is 30.3 Å². The topological polar surface area (TPSA) is 94.6 Å². The van der Waals surface area contributed by atoms with Crippen LogP contribution in [-0.2, 0) is 35.1 Å². The highest BCUT2D eigenvalue weighted by molar-refractivity contribution is 5.79. The minimum absolute atomic E-state index is 0.00178. The maximum Gasteiger partial charge on any atom is 0.321 e. The number of carbonyl (C=O) groups excluding carboxylic acids is 3. The smallest absolute Gasteiger partial charge is 0.321 e. The summed E-state index contributed by atoms with van der Waals surface area (Å²) < 4.78 is 23.3. The summed E-state index contributed by atoms with van der Waals surface area (Å²) in [6.45, 7) is 8.47. The van der Waals surface area contributed by atoms with Crippen molar-refractivity contribution in [2.75, 3.05) is 19.8 Å². The first-order chi connectivity index (χ1) is 17.2. The lowest BCUT2D eigenvalue weighted by Crippen LogP contribution is -2.52. The number of nitrogens with zero attached hydrogens (tertiary/aromatic N) is 2. The van der Waals surface area contributed by atoms with Crippen molar-refractivity contribution in [1.29, 1.82) is 0 Å². The lowest BCUT2D eigenvalue weighted by molar-refractivity contribution is -0.163. The SMILES string of the molecule is CCOC(=O)C[C@@H]1[C@@H]2OC(C)(C)O[C@H]2[C@@H](CC(=O)OCC)N(CC2CC2)C(=O)N1Cc1ccccc1. The van der Waals surface area contributed by atoms with Crippen molar-refractivity contribution in [2.24, 2.45) is 5.92 Å². The molecule has 2 heterocycles. The number of fused-ring (bicyclic) bond motifs is 1. The first kappa shape index (κ1) is 26.4. The number of ether oxygens (including phenoxy) is 4. The second kappa shape index (κ2) is 11.2. The Morgan fingerprint density at radius 1 is 0.917 bits per heavy atom. The van der Waals surface area contributed by atoms with Gasteiger partial charge < -0.3 is 28.7 Å². The monoisotopic (exact) mass is 502 g/mol. The minimum atomic E-state index is -0.945. The summed E-state index contributed by atoms with van der Waals surface area (Å²) in [5, 5.41) is 0. The number of rotatable bonds is 10. The molecule has 9 nitrogen and oxygen atoms in total. The van der Waals surface area contributed by atoms with Crippen LogP contribution >= 0.6 is 0 Å². The summed E-state index contributed by atoms with van der Waals surface area (Å²) in [6, 6.07) is 8.24. The Kier molecular flexibility index (Phi) is 8.20. The molecule has 0 aromatic heterocycles. The van der Waals surface area contributed by atoms with Crippen LogP contribution in [0, 0.1) is 5.92 Å². The molecular weight excluding hydrogens is 464 g/mol. The second-order valence-corrected chi connectivity index (χ2v) is 10.2. The van der Waals surface area contributed by atoms with Crippen LogP contribution in [0.5, 0.6) is 0 Å². The lowest BCUT2D eigenvalue weighted by atomic mass is 9.94. The summed E-state index contributed by atoms with van der Waals surface area (Å²) >= 11 is 0. The van der Waals surface area contributed by atoms with E-state index in [1.165, 1.54) is 0 Å². The minimum Gasteiger partial charge on any atom is -0.466 e. The molecule has 3 fully saturated rings. The standard InChI is InChI=1S/C27H38N2O7/c1-5-33-22(30)14-20-24-25(36-27(3,4)35-24)21(15-23(31)34-6-2)29(17-19-12-13-19)26(32)28(20)16-18-10-8-7-9-11-18/h7-11,19-21,24-25H,5-6,12-17H2,1-4H3/t20-,21-,24+,25+/m1/s1. The first-order valence-electron chi connectivity index (χ1n) is 13.0. The Morgan fingerprint density at radius 2 is 1.44 bits per heavy atom. The van der Waals surface area contributed by atoms with E-state index < -0.39 is 36.0 Å². The molecular formula is C27H38N2O7. The number of benzene rings is 1. The average molecular weight is 503 g/mol. The number of urea groups is 1. The van der Waals surface area contributed by atoms with Gasteiger partial charge in [0.05, 0.1) is 38.1 Å². The summed E-state index contributed by atoms with van der Waals surface area (Å²) in [4.78, 5) is 43.2. The van der Waals surface area contributed by atoms with E-state index in [0.717, 1.165) is 18.4 Å². The van der Waals surface area contributed by atoms with Crippen LogP contribution in [0.15, 0.2) is 30.3 Å². The Morgan fingerprint density at radius 3 is 1.94 bits per heavy atom. The van der Waals surface area contributed by atoms with Crippen molar-refractivity contribution in [1.82, 2.24) is 9.80 Å². The number of carbonyl (C=O) groups is 3. The van der Waals surface area contributed by atoms with Crippen LogP contribution in [0.4, 0.5) is 4.79 Å². The second-order valence-electron chi connectivity index (χ2n) is 10.2. The van der Waals surface area contributed by atoms with Crippen molar-refractivity contribution in [2.45, 2.75) is 90.0 Å². The number of hydrogen-bond donors (Lipinski definition) is 0. The van der Waals surface area contributed by atoms with E-state index >= 15 is 0 Å². The number of esters is 2. The summed E-state index contributed by atoms with van der Waals surface area (Å²) in [5.41, 5.74) is 0.935. The van der Waals surface area contributed by atoms with Gasteiger partial charge in [-0.3, -0.25) is 9.59 Å². The third-order valence-electron chi connectivity index (χ3n) is 6.92. The fourth-order valence-corrected chi connectivity index (χ4v) is 5.21. The van der Waals surface area contributed by atoms with E-state index in [0.29, 0.717) is 19.0 Å². The largest absolute Gasteiger partial charge is 0.466 e. The zero-order chi connectivity index (χ0) is 25.9. The molecule has 2 aliphatic heterocycles. The van der Waals surface area contributed by atoms with Crippen LogP contribution < -0.4 is 0 Å². The molecule has 1 aromatic rings. The molecule has 2 saturated heterocycles. The third kappa shape index (κ3) is 6.18. The molecule has 1 aliphatic carbocycles. The highest BCUT2D eigenvalue weighted by Gasteiger charge is 2.56. The first-order valence-corrected chi connectivity index (χ1v) is 13.0. The Hall–Kier alpha value is -2.65. The third-order valence-corrected chi connectivity index (χ3v) is 6.92. The van der Waals surface area contributed by atoms with Crippen LogP contribution in [0.3, 0.4) is 0 Å². The van der Waals surface area contributed by atoms with Crippen LogP contribution in [0.25, 0.3) is 0 Å². The van der Waals surface area contributed by atoms with E-state index in [-0.39, 0.29) is 38.1 Å². The molecule has 4 atom stereocenters. The molecule has 36 heavy (non-hydrogen) atoms. The van der Waals surface area contributed by atoms with Gasteiger partial charge in [0.25, 0.3) is 0 Å². The molecule has 0 unspecified atom stereocenters. The fourth-order valence-electron chi connectivity index (χ4n) is 5.21. The predicted octanol–water partition coefficient (Wildman–Crippen LogP) is 3.50. The van der Waals surface area contributed by atoms with E-state index in [4.69, 9.17) is 18.9 Å². The van der Waals surface area contributed by atoms with Gasteiger partial charge in [0.2, 0.25) is 0 Å². The van der Waals surface area contributed by atoms with Crippen molar-refractivity contribution >= 4 is 18.0 Å². The average Bonchev–Trinajstić information content (AvgIpc) is 3.60. The summed E-state index contributed by atoms with van der Waals surface area (Å²) in [7, 11) is 0. The van der Waals surface area contributed by atoms with E-state index in [9.17, 15) is 14.4 Å². The van der Waals surface area contributed by atoms with Crippen LogP contribution in [0.2, 0.25) is 0 Å². The highest BCUT2D eigenvalue weighted by Crippen LogP contribution is 2.41. The van der Waals surface area contributed by atoms with Crippen molar-refractivity contribution in [3.8, 4) is 0 Å². The van der Waals surface area contributed by atoms with Gasteiger partial charge in [0.1, 0.15) is 12.2 Å². The predicted molar refractivity (Wildman–Crippen MR) is 131 cm³/mol. The number of hydrogen-bond acceptors (Lipinski definition) is 7. The Bertz CT molecular complexity index is 933. The molecule has 1 saturated carbocycles. The van der Waals surface area contributed by atoms with Gasteiger partial charge in [-0.25, -0.2) is 4.79 Å². The maximum absolute atomic E-state index is 14.2. The van der Waals surface area contributed by atoms with E-state index in [1.807, 2.05) is 44.2 Å². The number of amides is 2. The molecule has 3 aliphatic rings. The highest BCUT2D eigenvalue weighted by atomic mass is 16.8. The fraction of sp³-hybridized carbons (Fsp3) is 0.667. The zero-order valence-corrected chi connectivity index (χ0v) is 21.7. The lowest BCUT2D eigenvalue weighted by Gasteiger charge is -2.37. The molecule has 0 bridgehead atoms. The van der Waals surface area contributed by atoms with Gasteiger partial charge in [-0.2, -0.15) is 0 Å². The van der Waals surface area contributed by atoms with Crippen molar-refractivity contribution in [3.05, 3.63) is 35.9 Å². The van der Waals surface area contributed by atoms with Gasteiger partial charge in [0.15, 0.2) is 5.79 Å². The molecule has 4 rings (SSSR count). The molecule has 2 amide bonds. The van der Waals surface area contributed by atoms with E-state index in [2.05, 4.69) is 0 Å².